The molecule has 3 rings (SSSR count). The van der Waals surface area contributed by atoms with Crippen molar-refractivity contribution in [1.29, 1.82) is 0 Å². The Bertz CT molecular complexity index is 740. The van der Waals surface area contributed by atoms with Gasteiger partial charge in [-0.3, -0.25) is 4.79 Å². The molecule has 2 nitrogen and oxygen atoms in total. The van der Waals surface area contributed by atoms with Crippen LogP contribution in [0.15, 0.2) is 47.4 Å². The maximum atomic E-state index is 13.8. The van der Waals surface area contributed by atoms with Gasteiger partial charge in [0.15, 0.2) is 0 Å². The molecule has 0 bridgehead atoms. The van der Waals surface area contributed by atoms with E-state index in [2.05, 4.69) is 0 Å². The van der Waals surface area contributed by atoms with Gasteiger partial charge in [-0.05, 0) is 54.7 Å². The smallest absolute Gasteiger partial charge is 0.219 e. The van der Waals surface area contributed by atoms with Gasteiger partial charge in [0.2, 0.25) is 5.91 Å². The molecule has 0 atom stereocenters. The molecule has 0 saturated carbocycles. The molecule has 0 aliphatic carbocycles. The van der Waals surface area contributed by atoms with Crippen molar-refractivity contribution in [3.63, 3.8) is 0 Å². The number of nitrogens with zero attached hydrogens (tertiary/aromatic N) is 1. The van der Waals surface area contributed by atoms with Crippen LogP contribution < -0.4 is 0 Å². The lowest BCUT2D eigenvalue weighted by Crippen LogP contribution is -2.37. The van der Waals surface area contributed by atoms with Crippen LogP contribution in [0, 0.1) is 17.6 Å². The number of carbonyl (C=O) groups is 1. The van der Waals surface area contributed by atoms with E-state index in [0.717, 1.165) is 48.7 Å². The van der Waals surface area contributed by atoms with Crippen LogP contribution in [0.2, 0.25) is 0 Å². The molecular weight excluding hydrogens is 340 g/mol. The van der Waals surface area contributed by atoms with Crippen LogP contribution >= 0.6 is 11.8 Å². The molecule has 132 valence electrons. The summed E-state index contributed by atoms with van der Waals surface area (Å²) in [5.41, 5.74) is 0.962. The van der Waals surface area contributed by atoms with Crippen molar-refractivity contribution in [3.8, 4) is 11.1 Å². The van der Waals surface area contributed by atoms with Gasteiger partial charge in [0, 0.05) is 36.2 Å². The summed E-state index contributed by atoms with van der Waals surface area (Å²) in [6.45, 7) is 3.31. The highest BCUT2D eigenvalue weighted by Crippen LogP contribution is 2.29. The Labute approximate surface area is 151 Å². The van der Waals surface area contributed by atoms with Gasteiger partial charge in [-0.2, -0.15) is 0 Å². The van der Waals surface area contributed by atoms with Crippen molar-refractivity contribution in [1.82, 2.24) is 4.90 Å². The van der Waals surface area contributed by atoms with Gasteiger partial charge >= 0.3 is 0 Å². The quantitative estimate of drug-likeness (QED) is 0.716. The predicted octanol–water partition coefficient (Wildman–Crippen LogP) is 4.98. The summed E-state index contributed by atoms with van der Waals surface area (Å²) in [6.07, 6.45) is 2.08. The highest BCUT2D eigenvalue weighted by atomic mass is 32.2. The van der Waals surface area contributed by atoms with Gasteiger partial charge in [-0.1, -0.05) is 12.1 Å². The van der Waals surface area contributed by atoms with E-state index in [4.69, 9.17) is 0 Å². The van der Waals surface area contributed by atoms with Crippen LogP contribution in [0.4, 0.5) is 8.78 Å². The molecule has 25 heavy (non-hydrogen) atoms. The van der Waals surface area contributed by atoms with Gasteiger partial charge in [-0.15, -0.1) is 11.8 Å². The molecule has 1 heterocycles. The number of amides is 1. The van der Waals surface area contributed by atoms with Gasteiger partial charge in [-0.25, -0.2) is 8.78 Å². The minimum absolute atomic E-state index is 0.159. The van der Waals surface area contributed by atoms with E-state index in [1.807, 2.05) is 29.2 Å². The van der Waals surface area contributed by atoms with E-state index >= 15 is 0 Å². The van der Waals surface area contributed by atoms with Gasteiger partial charge < -0.3 is 4.90 Å². The number of benzene rings is 2. The molecule has 0 N–H and O–H groups in total. The number of carbonyl (C=O) groups excluding carboxylic acids is 1. The van der Waals surface area contributed by atoms with Crippen LogP contribution in [0.3, 0.4) is 0 Å². The second-order valence-electron chi connectivity index (χ2n) is 6.41. The molecular formula is C20H21F2NOS. The zero-order chi connectivity index (χ0) is 17.8. The van der Waals surface area contributed by atoms with Gasteiger partial charge in [0.25, 0.3) is 0 Å². The highest BCUT2D eigenvalue weighted by Gasteiger charge is 2.20. The fourth-order valence-corrected chi connectivity index (χ4v) is 4.17. The molecule has 0 radical (unpaired) electrons. The maximum Gasteiger partial charge on any atom is 0.219 e. The third kappa shape index (κ3) is 4.60. The number of rotatable bonds is 4. The Morgan fingerprint density at radius 2 is 1.80 bits per heavy atom. The number of hydrogen-bond acceptors (Lipinski definition) is 2. The molecule has 1 aliphatic heterocycles. The fourth-order valence-electron chi connectivity index (χ4n) is 3.08. The molecule has 5 heteroatoms. The number of likely N-dealkylation sites (tertiary alicyclic amines) is 1. The van der Waals surface area contributed by atoms with E-state index in [0.29, 0.717) is 11.5 Å². The third-order valence-corrected chi connectivity index (χ3v) is 5.88. The van der Waals surface area contributed by atoms with Gasteiger partial charge in [0.1, 0.15) is 11.6 Å². The van der Waals surface area contributed by atoms with Crippen molar-refractivity contribution >= 4 is 17.7 Å². The normalized spacial score (nSPS) is 15.4. The monoisotopic (exact) mass is 361 g/mol. The first kappa shape index (κ1) is 17.9. The number of hydrogen-bond donors (Lipinski definition) is 0. The zero-order valence-electron chi connectivity index (χ0n) is 14.2. The first-order chi connectivity index (χ1) is 12.0. The molecule has 2 aromatic rings. The minimum Gasteiger partial charge on any atom is -0.343 e. The van der Waals surface area contributed by atoms with E-state index < -0.39 is 11.6 Å². The van der Waals surface area contributed by atoms with Crippen LogP contribution in [0.5, 0.6) is 0 Å². The van der Waals surface area contributed by atoms with Crippen LogP contribution in [0.1, 0.15) is 19.8 Å². The zero-order valence-corrected chi connectivity index (χ0v) is 15.0. The Morgan fingerprint density at radius 3 is 2.44 bits per heavy atom. The van der Waals surface area contributed by atoms with Crippen molar-refractivity contribution in [3.05, 3.63) is 54.1 Å². The van der Waals surface area contributed by atoms with Crippen LogP contribution in [0.25, 0.3) is 11.1 Å². The topological polar surface area (TPSA) is 20.3 Å². The first-order valence-corrected chi connectivity index (χ1v) is 9.45. The highest BCUT2D eigenvalue weighted by molar-refractivity contribution is 7.99. The molecule has 0 unspecified atom stereocenters. The molecule has 1 amide bonds. The summed E-state index contributed by atoms with van der Waals surface area (Å²) in [4.78, 5) is 14.4. The predicted molar refractivity (Wildman–Crippen MR) is 97.5 cm³/mol. The van der Waals surface area contributed by atoms with E-state index in [-0.39, 0.29) is 11.5 Å². The largest absolute Gasteiger partial charge is 0.343 e. The average molecular weight is 361 g/mol. The number of thioether (sulfide) groups is 1. The van der Waals surface area contributed by atoms with Crippen LogP contribution in [-0.4, -0.2) is 29.6 Å². The summed E-state index contributed by atoms with van der Waals surface area (Å²) in [5.74, 6) is 0.928. The molecule has 0 aromatic heterocycles. The Kier molecular flexibility index (Phi) is 5.74. The molecule has 1 saturated heterocycles. The Balaban J connectivity index is 1.57. The van der Waals surface area contributed by atoms with Crippen LogP contribution in [-0.2, 0) is 4.79 Å². The second kappa shape index (κ2) is 8.00. The lowest BCUT2D eigenvalue weighted by Gasteiger charge is -2.31. The lowest BCUT2D eigenvalue weighted by molar-refractivity contribution is -0.130. The summed E-state index contributed by atoms with van der Waals surface area (Å²) in [5, 5.41) is 0. The molecule has 0 spiro atoms. The van der Waals surface area contributed by atoms with Crippen molar-refractivity contribution in [2.75, 3.05) is 18.8 Å². The lowest BCUT2D eigenvalue weighted by atomic mass is 9.99. The SMILES string of the molecule is CC(=O)N1CCC(CSc2ccc(-c3cc(F)ccc3F)cc2)CC1. The third-order valence-electron chi connectivity index (χ3n) is 4.64. The van der Waals surface area contributed by atoms with E-state index in [9.17, 15) is 13.6 Å². The van der Waals surface area contributed by atoms with Gasteiger partial charge in [0.05, 0.1) is 0 Å². The Hall–Kier alpha value is -1.88. The van der Waals surface area contributed by atoms with E-state index in [1.165, 1.54) is 6.07 Å². The van der Waals surface area contributed by atoms with Crippen molar-refractivity contribution < 1.29 is 13.6 Å². The van der Waals surface area contributed by atoms with E-state index in [1.54, 1.807) is 18.7 Å². The Morgan fingerprint density at radius 1 is 1.12 bits per heavy atom. The molecule has 1 aliphatic rings. The standard InChI is InChI=1S/C20H21F2NOS/c1-14(24)23-10-8-15(9-11-23)13-25-18-5-2-16(3-6-18)19-12-17(21)4-7-20(19)22/h2-7,12,15H,8-11,13H2,1H3. The molecule has 2 aromatic carbocycles. The second-order valence-corrected chi connectivity index (χ2v) is 7.50. The fraction of sp³-hybridized carbons (Fsp3) is 0.350. The number of piperidine rings is 1. The van der Waals surface area contributed by atoms with Crippen molar-refractivity contribution in [2.45, 2.75) is 24.7 Å². The maximum absolute atomic E-state index is 13.8. The minimum atomic E-state index is -0.438. The summed E-state index contributed by atoms with van der Waals surface area (Å²) < 4.78 is 27.2. The summed E-state index contributed by atoms with van der Waals surface area (Å²) in [7, 11) is 0. The molecule has 1 fully saturated rings. The number of halogens is 2. The summed E-state index contributed by atoms with van der Waals surface area (Å²) >= 11 is 1.78. The van der Waals surface area contributed by atoms with Crippen molar-refractivity contribution in [2.24, 2.45) is 5.92 Å². The first-order valence-electron chi connectivity index (χ1n) is 8.47. The summed E-state index contributed by atoms with van der Waals surface area (Å²) in [6, 6.07) is 11.1. The average Bonchev–Trinajstić information content (AvgIpc) is 2.63.